The van der Waals surface area contributed by atoms with Gasteiger partial charge in [-0.1, -0.05) is 0 Å². The van der Waals surface area contributed by atoms with Gasteiger partial charge in [-0.05, 0) is 25.7 Å². The molecule has 0 amide bonds. The summed E-state index contributed by atoms with van der Waals surface area (Å²) in [5, 5.41) is 2.50. The number of hydrogen-bond acceptors (Lipinski definition) is 2. The molecule has 0 spiro atoms. The van der Waals surface area contributed by atoms with Crippen molar-refractivity contribution in [1.29, 1.82) is 0 Å². The lowest BCUT2D eigenvalue weighted by Crippen LogP contribution is -2.41. The molecule has 0 bridgehead atoms. The Morgan fingerprint density at radius 1 is 1.14 bits per heavy atom. The second kappa shape index (κ2) is 5.78. The fourth-order valence-corrected chi connectivity index (χ4v) is 1.58. The third kappa shape index (κ3) is 5.67. The summed E-state index contributed by atoms with van der Waals surface area (Å²) < 4.78 is 35.4. The summed E-state index contributed by atoms with van der Waals surface area (Å²) in [6.45, 7) is -0.882. The van der Waals surface area contributed by atoms with Gasteiger partial charge < -0.3 is 11.1 Å². The SMILES string of the molecule is Cl.NC1CCC(NCC(F)(F)F)CC1. The molecule has 1 fully saturated rings. The van der Waals surface area contributed by atoms with Gasteiger partial charge in [0.25, 0.3) is 0 Å². The second-order valence-corrected chi connectivity index (χ2v) is 3.61. The Balaban J connectivity index is 0.00000169. The predicted molar refractivity (Wildman–Crippen MR) is 51.5 cm³/mol. The highest BCUT2D eigenvalue weighted by Gasteiger charge is 2.28. The first kappa shape index (κ1) is 14.0. The third-order valence-corrected chi connectivity index (χ3v) is 2.36. The molecule has 6 heteroatoms. The van der Waals surface area contributed by atoms with Gasteiger partial charge in [-0.3, -0.25) is 0 Å². The van der Waals surface area contributed by atoms with Crippen LogP contribution >= 0.6 is 12.4 Å². The lowest BCUT2D eigenvalue weighted by atomic mass is 9.92. The summed E-state index contributed by atoms with van der Waals surface area (Å²) >= 11 is 0. The maximum atomic E-state index is 11.8. The van der Waals surface area contributed by atoms with Gasteiger partial charge >= 0.3 is 6.18 Å². The van der Waals surface area contributed by atoms with Gasteiger partial charge in [0.15, 0.2) is 0 Å². The summed E-state index contributed by atoms with van der Waals surface area (Å²) in [5.41, 5.74) is 5.63. The third-order valence-electron chi connectivity index (χ3n) is 2.36. The van der Waals surface area contributed by atoms with E-state index in [-0.39, 0.29) is 24.5 Å². The van der Waals surface area contributed by atoms with Gasteiger partial charge in [-0.25, -0.2) is 0 Å². The molecular formula is C8H16ClF3N2. The van der Waals surface area contributed by atoms with Crippen LogP contribution in [0, 0.1) is 0 Å². The Kier molecular flexibility index (Phi) is 5.78. The maximum Gasteiger partial charge on any atom is 0.401 e. The minimum atomic E-state index is -4.10. The van der Waals surface area contributed by atoms with Crippen LogP contribution in [0.3, 0.4) is 0 Å². The number of halogens is 4. The van der Waals surface area contributed by atoms with E-state index in [4.69, 9.17) is 5.73 Å². The van der Waals surface area contributed by atoms with Crippen molar-refractivity contribution < 1.29 is 13.2 Å². The van der Waals surface area contributed by atoms with Crippen molar-refractivity contribution in [3.8, 4) is 0 Å². The van der Waals surface area contributed by atoms with E-state index in [0.717, 1.165) is 25.7 Å². The molecule has 14 heavy (non-hydrogen) atoms. The highest BCUT2D eigenvalue weighted by Crippen LogP contribution is 2.19. The molecule has 3 N–H and O–H groups in total. The minimum absolute atomic E-state index is 0. The van der Waals surface area contributed by atoms with E-state index in [2.05, 4.69) is 5.32 Å². The topological polar surface area (TPSA) is 38.0 Å². The number of alkyl halides is 3. The Morgan fingerprint density at radius 3 is 2.07 bits per heavy atom. The van der Waals surface area contributed by atoms with E-state index in [1.54, 1.807) is 0 Å². The van der Waals surface area contributed by atoms with Gasteiger partial charge in [0.2, 0.25) is 0 Å². The lowest BCUT2D eigenvalue weighted by Gasteiger charge is -2.27. The normalized spacial score (nSPS) is 28.3. The van der Waals surface area contributed by atoms with E-state index in [1.807, 2.05) is 0 Å². The van der Waals surface area contributed by atoms with Crippen LogP contribution in [0.15, 0.2) is 0 Å². The van der Waals surface area contributed by atoms with Crippen molar-refractivity contribution in [1.82, 2.24) is 5.32 Å². The molecule has 0 saturated heterocycles. The molecule has 0 aromatic carbocycles. The molecule has 1 rings (SSSR count). The Morgan fingerprint density at radius 2 is 1.64 bits per heavy atom. The quantitative estimate of drug-likeness (QED) is 0.762. The van der Waals surface area contributed by atoms with Crippen molar-refractivity contribution in [2.24, 2.45) is 5.73 Å². The number of nitrogens with one attached hydrogen (secondary N) is 1. The van der Waals surface area contributed by atoms with E-state index < -0.39 is 12.7 Å². The van der Waals surface area contributed by atoms with Crippen molar-refractivity contribution in [3.05, 3.63) is 0 Å². The first-order valence-electron chi connectivity index (χ1n) is 4.53. The van der Waals surface area contributed by atoms with Gasteiger partial charge in [-0.2, -0.15) is 13.2 Å². The van der Waals surface area contributed by atoms with Gasteiger partial charge in [0.1, 0.15) is 0 Å². The molecule has 0 aromatic heterocycles. The van der Waals surface area contributed by atoms with Crippen LogP contribution in [0.1, 0.15) is 25.7 Å². The van der Waals surface area contributed by atoms with Crippen molar-refractivity contribution in [2.75, 3.05) is 6.54 Å². The molecule has 0 aliphatic heterocycles. The zero-order chi connectivity index (χ0) is 9.90. The Labute approximate surface area is 87.8 Å². The highest BCUT2D eigenvalue weighted by atomic mass is 35.5. The lowest BCUT2D eigenvalue weighted by molar-refractivity contribution is -0.126. The molecule has 0 aromatic rings. The fraction of sp³-hybridized carbons (Fsp3) is 1.00. The van der Waals surface area contributed by atoms with Crippen LogP contribution in [0.2, 0.25) is 0 Å². The van der Waals surface area contributed by atoms with Crippen LogP contribution in [-0.4, -0.2) is 24.8 Å². The van der Waals surface area contributed by atoms with Gasteiger partial charge in [-0.15, -0.1) is 12.4 Å². The summed E-state index contributed by atoms with van der Waals surface area (Å²) in [5.74, 6) is 0. The smallest absolute Gasteiger partial charge is 0.328 e. The Hall–Kier alpha value is -0.0000000000000000555. The molecule has 0 atom stereocenters. The molecule has 2 nitrogen and oxygen atoms in total. The summed E-state index contributed by atoms with van der Waals surface area (Å²) in [4.78, 5) is 0. The van der Waals surface area contributed by atoms with Crippen LogP contribution < -0.4 is 11.1 Å². The molecule has 0 heterocycles. The van der Waals surface area contributed by atoms with Gasteiger partial charge in [0.05, 0.1) is 6.54 Å². The standard InChI is InChI=1S/C8H15F3N2.ClH/c9-8(10,11)5-13-7-3-1-6(12)2-4-7;/h6-7,13H,1-5,12H2;1H. The summed E-state index contributed by atoms with van der Waals surface area (Å²) in [7, 11) is 0. The predicted octanol–water partition coefficient (Wildman–Crippen LogP) is 1.83. The molecular weight excluding hydrogens is 217 g/mol. The largest absolute Gasteiger partial charge is 0.401 e. The van der Waals surface area contributed by atoms with Crippen molar-refractivity contribution >= 4 is 12.4 Å². The molecule has 1 aliphatic carbocycles. The number of nitrogens with two attached hydrogens (primary N) is 1. The molecule has 0 radical (unpaired) electrons. The summed E-state index contributed by atoms with van der Waals surface area (Å²) in [6, 6.07) is 0.186. The highest BCUT2D eigenvalue weighted by molar-refractivity contribution is 5.85. The molecule has 1 aliphatic rings. The minimum Gasteiger partial charge on any atom is -0.328 e. The molecule has 86 valence electrons. The fourth-order valence-electron chi connectivity index (χ4n) is 1.58. The Bertz CT molecular complexity index is 155. The van der Waals surface area contributed by atoms with E-state index in [9.17, 15) is 13.2 Å². The average Bonchev–Trinajstić information content (AvgIpc) is 2.02. The van der Waals surface area contributed by atoms with E-state index in [0.29, 0.717) is 0 Å². The first-order valence-corrected chi connectivity index (χ1v) is 4.53. The first-order chi connectivity index (χ1) is 5.97. The van der Waals surface area contributed by atoms with Crippen LogP contribution in [0.25, 0.3) is 0 Å². The number of rotatable bonds is 2. The summed E-state index contributed by atoms with van der Waals surface area (Å²) in [6.07, 6.45) is -0.918. The molecule has 1 saturated carbocycles. The van der Waals surface area contributed by atoms with Crippen molar-refractivity contribution in [2.45, 2.75) is 43.9 Å². The zero-order valence-corrected chi connectivity index (χ0v) is 8.63. The van der Waals surface area contributed by atoms with Gasteiger partial charge in [0, 0.05) is 12.1 Å². The molecule has 0 unspecified atom stereocenters. The average molecular weight is 233 g/mol. The maximum absolute atomic E-state index is 11.8. The second-order valence-electron chi connectivity index (χ2n) is 3.61. The van der Waals surface area contributed by atoms with Crippen molar-refractivity contribution in [3.63, 3.8) is 0 Å². The zero-order valence-electron chi connectivity index (χ0n) is 7.81. The van der Waals surface area contributed by atoms with E-state index in [1.165, 1.54) is 0 Å². The monoisotopic (exact) mass is 232 g/mol. The van der Waals surface area contributed by atoms with E-state index >= 15 is 0 Å². The van der Waals surface area contributed by atoms with Crippen LogP contribution in [0.5, 0.6) is 0 Å². The van der Waals surface area contributed by atoms with Crippen LogP contribution in [-0.2, 0) is 0 Å². The number of hydrogen-bond donors (Lipinski definition) is 2. The van der Waals surface area contributed by atoms with Crippen LogP contribution in [0.4, 0.5) is 13.2 Å².